The van der Waals surface area contributed by atoms with Crippen LogP contribution in [0.25, 0.3) is 0 Å². The molecule has 0 bridgehead atoms. The van der Waals surface area contributed by atoms with E-state index in [0.29, 0.717) is 29.5 Å². The molecule has 0 unspecified atom stereocenters. The molecule has 0 atom stereocenters. The fraction of sp³-hybridized carbons (Fsp3) is 0.263. The summed E-state index contributed by atoms with van der Waals surface area (Å²) in [5, 5.41) is 6.59. The highest BCUT2D eigenvalue weighted by molar-refractivity contribution is 7.80. The number of rotatable bonds is 3. The molecule has 2 aromatic rings. The fourth-order valence-corrected chi connectivity index (χ4v) is 3.28. The molecule has 0 aromatic heterocycles. The average molecular weight is 357 g/mol. The van der Waals surface area contributed by atoms with Crippen molar-refractivity contribution >= 4 is 40.3 Å². The number of aryl methyl sites for hydroxylation is 2. The maximum absolute atomic E-state index is 14.1. The highest BCUT2D eigenvalue weighted by Gasteiger charge is 2.24. The van der Waals surface area contributed by atoms with Gasteiger partial charge in [0.25, 0.3) is 0 Å². The SMILES string of the molecule is Cc1cc(C)cc(NC(=S)Nc2ccc(F)c(N3CCCC3=O)c2)c1. The standard InChI is InChI=1S/C19H20FN3OS/c1-12-8-13(2)10-15(9-12)22-19(25)21-14-5-6-16(20)17(11-14)23-7-3-4-18(23)24/h5-6,8-11H,3-4,7H2,1-2H3,(H2,21,22,25). The second-order valence-electron chi connectivity index (χ2n) is 6.27. The van der Waals surface area contributed by atoms with Crippen LogP contribution in [0.1, 0.15) is 24.0 Å². The Kier molecular flexibility index (Phi) is 4.99. The van der Waals surface area contributed by atoms with Crippen molar-refractivity contribution in [2.75, 3.05) is 22.1 Å². The lowest BCUT2D eigenvalue weighted by Crippen LogP contribution is -2.25. The number of anilines is 3. The van der Waals surface area contributed by atoms with Crippen LogP contribution in [0.5, 0.6) is 0 Å². The molecule has 0 aliphatic carbocycles. The molecule has 1 heterocycles. The van der Waals surface area contributed by atoms with Crippen molar-refractivity contribution < 1.29 is 9.18 Å². The van der Waals surface area contributed by atoms with E-state index in [1.165, 1.54) is 11.0 Å². The van der Waals surface area contributed by atoms with Gasteiger partial charge in [0.1, 0.15) is 5.82 Å². The number of benzene rings is 2. The molecule has 1 saturated heterocycles. The van der Waals surface area contributed by atoms with Gasteiger partial charge in [0.15, 0.2) is 5.11 Å². The molecule has 0 saturated carbocycles. The normalized spacial score (nSPS) is 13.9. The topological polar surface area (TPSA) is 44.4 Å². The fourth-order valence-electron chi connectivity index (χ4n) is 3.04. The molecule has 1 amide bonds. The lowest BCUT2D eigenvalue weighted by Gasteiger charge is -2.18. The van der Waals surface area contributed by atoms with E-state index in [-0.39, 0.29) is 5.91 Å². The van der Waals surface area contributed by atoms with E-state index < -0.39 is 5.82 Å². The van der Waals surface area contributed by atoms with Crippen molar-refractivity contribution in [3.05, 3.63) is 53.3 Å². The Morgan fingerprint density at radius 1 is 1.08 bits per heavy atom. The monoisotopic (exact) mass is 357 g/mol. The quantitative estimate of drug-likeness (QED) is 0.800. The van der Waals surface area contributed by atoms with Crippen molar-refractivity contribution in [2.24, 2.45) is 0 Å². The summed E-state index contributed by atoms with van der Waals surface area (Å²) in [5.74, 6) is -0.457. The first-order chi connectivity index (χ1) is 11.9. The summed E-state index contributed by atoms with van der Waals surface area (Å²) >= 11 is 5.34. The maximum atomic E-state index is 14.1. The van der Waals surface area contributed by atoms with Gasteiger partial charge in [0.2, 0.25) is 5.91 Å². The van der Waals surface area contributed by atoms with Crippen molar-refractivity contribution in [2.45, 2.75) is 26.7 Å². The van der Waals surface area contributed by atoms with Crippen LogP contribution in [-0.4, -0.2) is 17.6 Å². The number of hydrogen-bond acceptors (Lipinski definition) is 2. The lowest BCUT2D eigenvalue weighted by atomic mass is 10.1. The summed E-state index contributed by atoms with van der Waals surface area (Å²) in [4.78, 5) is 13.4. The van der Waals surface area contributed by atoms with Gasteiger partial charge in [0, 0.05) is 24.3 Å². The van der Waals surface area contributed by atoms with Crippen LogP contribution in [0.15, 0.2) is 36.4 Å². The number of nitrogens with one attached hydrogen (secondary N) is 2. The average Bonchev–Trinajstić information content (AvgIpc) is 2.94. The third-order valence-electron chi connectivity index (χ3n) is 4.05. The number of halogens is 1. The molecule has 6 heteroatoms. The lowest BCUT2D eigenvalue weighted by molar-refractivity contribution is -0.117. The molecule has 130 valence electrons. The highest BCUT2D eigenvalue weighted by atomic mass is 32.1. The van der Waals surface area contributed by atoms with Crippen molar-refractivity contribution in [1.82, 2.24) is 0 Å². The van der Waals surface area contributed by atoms with Crippen molar-refractivity contribution in [3.8, 4) is 0 Å². The van der Waals surface area contributed by atoms with Gasteiger partial charge in [-0.25, -0.2) is 4.39 Å². The zero-order chi connectivity index (χ0) is 18.0. The Hall–Kier alpha value is -2.47. The highest BCUT2D eigenvalue weighted by Crippen LogP contribution is 2.27. The van der Waals surface area contributed by atoms with Crippen LogP contribution in [-0.2, 0) is 4.79 Å². The maximum Gasteiger partial charge on any atom is 0.227 e. The van der Waals surface area contributed by atoms with Crippen LogP contribution in [0.4, 0.5) is 21.5 Å². The first-order valence-electron chi connectivity index (χ1n) is 8.18. The van der Waals surface area contributed by atoms with Crippen LogP contribution >= 0.6 is 12.2 Å². The van der Waals surface area contributed by atoms with Gasteiger partial charge in [-0.2, -0.15) is 0 Å². The van der Waals surface area contributed by atoms with Gasteiger partial charge in [-0.3, -0.25) is 4.79 Å². The van der Waals surface area contributed by atoms with E-state index >= 15 is 0 Å². The number of amides is 1. The first-order valence-corrected chi connectivity index (χ1v) is 8.59. The van der Waals surface area contributed by atoms with Crippen LogP contribution < -0.4 is 15.5 Å². The van der Waals surface area contributed by atoms with Gasteiger partial charge in [-0.15, -0.1) is 0 Å². The van der Waals surface area contributed by atoms with E-state index in [9.17, 15) is 9.18 Å². The largest absolute Gasteiger partial charge is 0.332 e. The Balaban J connectivity index is 1.74. The summed E-state index contributed by atoms with van der Waals surface area (Å²) in [6, 6.07) is 10.7. The van der Waals surface area contributed by atoms with Crippen LogP contribution in [0.2, 0.25) is 0 Å². The zero-order valence-electron chi connectivity index (χ0n) is 14.2. The van der Waals surface area contributed by atoms with E-state index in [0.717, 1.165) is 23.2 Å². The molecular formula is C19H20FN3OS. The molecule has 2 aromatic carbocycles. The number of carbonyl (C=O) groups is 1. The molecule has 1 aliphatic heterocycles. The van der Waals surface area contributed by atoms with E-state index in [2.05, 4.69) is 16.7 Å². The Morgan fingerprint density at radius 3 is 2.40 bits per heavy atom. The molecule has 1 fully saturated rings. The minimum atomic E-state index is -0.408. The molecule has 0 spiro atoms. The predicted octanol–water partition coefficient (Wildman–Crippen LogP) is 4.38. The number of thiocarbonyl (C=S) groups is 1. The second-order valence-corrected chi connectivity index (χ2v) is 6.68. The molecular weight excluding hydrogens is 337 g/mol. The van der Waals surface area contributed by atoms with Gasteiger partial charge < -0.3 is 15.5 Å². The molecule has 25 heavy (non-hydrogen) atoms. The van der Waals surface area contributed by atoms with Crippen LogP contribution in [0, 0.1) is 19.7 Å². The van der Waals surface area contributed by atoms with Gasteiger partial charge in [-0.1, -0.05) is 6.07 Å². The van der Waals surface area contributed by atoms with E-state index in [1.54, 1.807) is 12.1 Å². The molecule has 2 N–H and O–H groups in total. The van der Waals surface area contributed by atoms with Crippen molar-refractivity contribution in [1.29, 1.82) is 0 Å². The van der Waals surface area contributed by atoms with Gasteiger partial charge in [-0.05, 0) is 73.9 Å². The molecule has 4 nitrogen and oxygen atoms in total. The number of carbonyl (C=O) groups excluding carboxylic acids is 1. The Bertz CT molecular complexity index is 817. The molecule has 3 rings (SSSR count). The summed E-state index contributed by atoms with van der Waals surface area (Å²) in [6.45, 7) is 4.59. The predicted molar refractivity (Wildman–Crippen MR) is 104 cm³/mol. The second kappa shape index (κ2) is 7.19. The Morgan fingerprint density at radius 2 is 1.76 bits per heavy atom. The minimum absolute atomic E-state index is 0.0491. The summed E-state index contributed by atoms with van der Waals surface area (Å²) in [5.41, 5.74) is 4.11. The van der Waals surface area contributed by atoms with Crippen molar-refractivity contribution in [3.63, 3.8) is 0 Å². The van der Waals surface area contributed by atoms with Gasteiger partial charge >= 0.3 is 0 Å². The minimum Gasteiger partial charge on any atom is -0.332 e. The number of nitrogens with zero attached hydrogens (tertiary/aromatic N) is 1. The summed E-state index contributed by atoms with van der Waals surface area (Å²) < 4.78 is 14.1. The van der Waals surface area contributed by atoms with E-state index in [1.807, 2.05) is 26.0 Å². The smallest absolute Gasteiger partial charge is 0.227 e. The summed E-state index contributed by atoms with van der Waals surface area (Å²) in [6.07, 6.45) is 1.21. The third-order valence-corrected chi connectivity index (χ3v) is 4.25. The zero-order valence-corrected chi connectivity index (χ0v) is 15.0. The molecule has 1 aliphatic rings. The van der Waals surface area contributed by atoms with Gasteiger partial charge in [0.05, 0.1) is 5.69 Å². The Labute approximate surface area is 152 Å². The molecule has 0 radical (unpaired) electrons. The number of hydrogen-bond donors (Lipinski definition) is 2. The van der Waals surface area contributed by atoms with Crippen LogP contribution in [0.3, 0.4) is 0 Å². The third kappa shape index (κ3) is 4.14. The summed E-state index contributed by atoms with van der Waals surface area (Å²) in [7, 11) is 0. The first kappa shape index (κ1) is 17.4. The van der Waals surface area contributed by atoms with E-state index in [4.69, 9.17) is 12.2 Å².